The highest BCUT2D eigenvalue weighted by molar-refractivity contribution is 6.00. The molecular weight excluding hydrogens is 247 g/mol. The van der Waals surface area contributed by atoms with Gasteiger partial charge in [-0.2, -0.15) is 0 Å². The molecule has 0 fully saturated rings. The van der Waals surface area contributed by atoms with Crippen LogP contribution in [0.4, 0.5) is 4.39 Å². The first-order valence-corrected chi connectivity index (χ1v) is 5.74. The lowest BCUT2D eigenvalue weighted by atomic mass is 10.2. The summed E-state index contributed by atoms with van der Waals surface area (Å²) in [6.45, 7) is 3.49. The minimum absolute atomic E-state index is 0.222. The monoisotopic (exact) mass is 260 g/mol. The van der Waals surface area contributed by atoms with Crippen molar-refractivity contribution < 1.29 is 14.0 Å². The summed E-state index contributed by atoms with van der Waals surface area (Å²) in [6.07, 6.45) is 0.729. The normalized spacial score (nSPS) is 10.3. The maximum absolute atomic E-state index is 13.1. The standard InChI is InChI=1S/C14H13FN2O2/c1-9-6-12(8-18)10(2)17(9)16-14(19)11-4-3-5-13(15)7-11/h3-8H,1-2H3,(H,16,19). The van der Waals surface area contributed by atoms with Crippen LogP contribution in [-0.4, -0.2) is 16.9 Å². The first-order valence-electron chi connectivity index (χ1n) is 5.74. The molecule has 5 heteroatoms. The fraction of sp³-hybridized carbons (Fsp3) is 0.143. The van der Waals surface area contributed by atoms with Crippen molar-refractivity contribution in [3.05, 3.63) is 58.7 Å². The van der Waals surface area contributed by atoms with Crippen LogP contribution in [0.1, 0.15) is 32.1 Å². The third kappa shape index (κ3) is 2.54. The van der Waals surface area contributed by atoms with Gasteiger partial charge in [0.05, 0.1) is 0 Å². The highest BCUT2D eigenvalue weighted by atomic mass is 19.1. The van der Waals surface area contributed by atoms with Crippen LogP contribution in [0.2, 0.25) is 0 Å². The molecule has 0 radical (unpaired) electrons. The summed E-state index contributed by atoms with van der Waals surface area (Å²) in [7, 11) is 0. The van der Waals surface area contributed by atoms with Crippen molar-refractivity contribution in [3.8, 4) is 0 Å². The Bertz CT molecular complexity index is 647. The molecule has 4 nitrogen and oxygen atoms in total. The van der Waals surface area contributed by atoms with E-state index < -0.39 is 11.7 Å². The van der Waals surface area contributed by atoms with Gasteiger partial charge in [0.2, 0.25) is 0 Å². The maximum Gasteiger partial charge on any atom is 0.270 e. The van der Waals surface area contributed by atoms with E-state index in [0.717, 1.165) is 18.0 Å². The van der Waals surface area contributed by atoms with E-state index in [0.29, 0.717) is 11.3 Å². The average molecular weight is 260 g/mol. The van der Waals surface area contributed by atoms with Crippen LogP contribution < -0.4 is 5.43 Å². The maximum atomic E-state index is 13.1. The van der Waals surface area contributed by atoms with Crippen molar-refractivity contribution >= 4 is 12.2 Å². The van der Waals surface area contributed by atoms with E-state index >= 15 is 0 Å². The molecule has 1 heterocycles. The number of hydrogen-bond donors (Lipinski definition) is 1. The minimum atomic E-state index is -0.470. The van der Waals surface area contributed by atoms with Crippen LogP contribution in [0.3, 0.4) is 0 Å². The second-order valence-electron chi connectivity index (χ2n) is 4.23. The summed E-state index contributed by atoms with van der Waals surface area (Å²) in [4.78, 5) is 22.8. The largest absolute Gasteiger partial charge is 0.298 e. The third-order valence-electron chi connectivity index (χ3n) is 2.90. The molecule has 1 aromatic heterocycles. The zero-order valence-corrected chi connectivity index (χ0v) is 10.6. The molecule has 0 unspecified atom stereocenters. The molecule has 1 N–H and O–H groups in total. The second-order valence-corrected chi connectivity index (χ2v) is 4.23. The molecule has 2 aromatic rings. The van der Waals surface area contributed by atoms with E-state index in [9.17, 15) is 14.0 Å². The first-order chi connectivity index (χ1) is 9.02. The van der Waals surface area contributed by atoms with E-state index in [-0.39, 0.29) is 5.56 Å². The molecule has 0 saturated carbocycles. The zero-order chi connectivity index (χ0) is 14.0. The smallest absolute Gasteiger partial charge is 0.270 e. The fourth-order valence-electron chi connectivity index (χ4n) is 1.87. The molecule has 0 aliphatic rings. The van der Waals surface area contributed by atoms with E-state index in [1.807, 2.05) is 0 Å². The van der Waals surface area contributed by atoms with E-state index in [2.05, 4.69) is 5.43 Å². The lowest BCUT2D eigenvalue weighted by molar-refractivity contribution is 0.100. The first kappa shape index (κ1) is 13.0. The predicted molar refractivity (Wildman–Crippen MR) is 69.4 cm³/mol. The Morgan fingerprint density at radius 1 is 1.32 bits per heavy atom. The molecule has 0 spiro atoms. The van der Waals surface area contributed by atoms with Crippen LogP contribution in [-0.2, 0) is 0 Å². The van der Waals surface area contributed by atoms with Crippen molar-refractivity contribution in [1.29, 1.82) is 0 Å². The number of aryl methyl sites for hydroxylation is 1. The van der Waals surface area contributed by atoms with Crippen molar-refractivity contribution in [2.75, 3.05) is 5.43 Å². The number of carbonyl (C=O) groups excluding carboxylic acids is 2. The van der Waals surface area contributed by atoms with Gasteiger partial charge in [0.25, 0.3) is 5.91 Å². The number of halogens is 1. The molecule has 98 valence electrons. The number of rotatable bonds is 3. The molecule has 1 amide bonds. The minimum Gasteiger partial charge on any atom is -0.298 e. The summed E-state index contributed by atoms with van der Waals surface area (Å²) < 4.78 is 14.6. The lowest BCUT2D eigenvalue weighted by Gasteiger charge is -2.11. The van der Waals surface area contributed by atoms with Crippen LogP contribution >= 0.6 is 0 Å². The highest BCUT2D eigenvalue weighted by Gasteiger charge is 2.12. The van der Waals surface area contributed by atoms with Crippen molar-refractivity contribution in [3.63, 3.8) is 0 Å². The number of aldehydes is 1. The Labute approximate surface area is 109 Å². The molecule has 1 aromatic carbocycles. The van der Waals surface area contributed by atoms with Gasteiger partial charge in [0, 0.05) is 22.5 Å². The van der Waals surface area contributed by atoms with Gasteiger partial charge in [0.1, 0.15) is 5.82 Å². The topological polar surface area (TPSA) is 51.1 Å². The SMILES string of the molecule is Cc1cc(C=O)c(C)n1NC(=O)c1cccc(F)c1. The van der Waals surface area contributed by atoms with Gasteiger partial charge in [0.15, 0.2) is 6.29 Å². The molecule has 2 rings (SSSR count). The van der Waals surface area contributed by atoms with Crippen LogP contribution in [0.25, 0.3) is 0 Å². The molecular formula is C14H13FN2O2. The van der Waals surface area contributed by atoms with E-state index in [4.69, 9.17) is 0 Å². The molecule has 0 saturated heterocycles. The molecule has 0 atom stereocenters. The van der Waals surface area contributed by atoms with Crippen molar-refractivity contribution in [2.24, 2.45) is 0 Å². The number of nitrogens with zero attached hydrogens (tertiary/aromatic N) is 1. The number of amides is 1. The Balaban J connectivity index is 2.29. The van der Waals surface area contributed by atoms with Crippen LogP contribution in [0, 0.1) is 19.7 Å². The quantitative estimate of drug-likeness (QED) is 0.862. The highest BCUT2D eigenvalue weighted by Crippen LogP contribution is 2.12. The van der Waals surface area contributed by atoms with Gasteiger partial charge < -0.3 is 0 Å². The van der Waals surface area contributed by atoms with Crippen molar-refractivity contribution in [2.45, 2.75) is 13.8 Å². The lowest BCUT2D eigenvalue weighted by Crippen LogP contribution is -2.25. The molecule has 0 bridgehead atoms. The predicted octanol–water partition coefficient (Wildman–Crippen LogP) is 2.44. The van der Waals surface area contributed by atoms with E-state index in [1.54, 1.807) is 19.9 Å². The average Bonchev–Trinajstić information content (AvgIpc) is 2.66. The summed E-state index contributed by atoms with van der Waals surface area (Å²) in [5, 5.41) is 0. The van der Waals surface area contributed by atoms with Gasteiger partial charge in [-0.05, 0) is 38.1 Å². The summed E-state index contributed by atoms with van der Waals surface area (Å²) in [5.41, 5.74) is 4.73. The van der Waals surface area contributed by atoms with E-state index in [1.165, 1.54) is 22.9 Å². The van der Waals surface area contributed by atoms with Crippen LogP contribution in [0.5, 0.6) is 0 Å². The fourth-order valence-corrected chi connectivity index (χ4v) is 1.87. The van der Waals surface area contributed by atoms with Gasteiger partial charge in [-0.25, -0.2) is 4.39 Å². The van der Waals surface area contributed by atoms with Gasteiger partial charge in [-0.3, -0.25) is 19.7 Å². The Morgan fingerprint density at radius 3 is 2.63 bits per heavy atom. The number of carbonyl (C=O) groups is 2. The Kier molecular flexibility index (Phi) is 3.46. The van der Waals surface area contributed by atoms with Crippen LogP contribution in [0.15, 0.2) is 30.3 Å². The summed E-state index contributed by atoms with van der Waals surface area (Å²) in [5.74, 6) is -0.902. The molecule has 0 aliphatic carbocycles. The summed E-state index contributed by atoms with van der Waals surface area (Å²) in [6, 6.07) is 7.09. The van der Waals surface area contributed by atoms with Gasteiger partial charge >= 0.3 is 0 Å². The number of hydrogen-bond acceptors (Lipinski definition) is 2. The Hall–Kier alpha value is -2.43. The zero-order valence-electron chi connectivity index (χ0n) is 10.6. The van der Waals surface area contributed by atoms with Gasteiger partial charge in [-0.15, -0.1) is 0 Å². The van der Waals surface area contributed by atoms with Gasteiger partial charge in [-0.1, -0.05) is 6.07 Å². The molecule has 0 aliphatic heterocycles. The molecule has 19 heavy (non-hydrogen) atoms. The summed E-state index contributed by atoms with van der Waals surface area (Å²) >= 11 is 0. The Morgan fingerprint density at radius 2 is 2.05 bits per heavy atom. The van der Waals surface area contributed by atoms with Crippen molar-refractivity contribution in [1.82, 2.24) is 4.68 Å². The number of benzene rings is 1. The second kappa shape index (κ2) is 5.06. The number of nitrogens with one attached hydrogen (secondary N) is 1. The third-order valence-corrected chi connectivity index (χ3v) is 2.90. The number of aromatic nitrogens is 1.